The van der Waals surface area contributed by atoms with Gasteiger partial charge in [0.1, 0.15) is 5.76 Å². The summed E-state index contributed by atoms with van der Waals surface area (Å²) >= 11 is 5.31. The van der Waals surface area contributed by atoms with Crippen LogP contribution in [0.15, 0.2) is 24.0 Å². The Morgan fingerprint density at radius 1 is 1.39 bits per heavy atom. The molecule has 23 heavy (non-hydrogen) atoms. The number of hydrogen-bond acceptors (Lipinski definition) is 5. The summed E-state index contributed by atoms with van der Waals surface area (Å²) < 4.78 is 5.03. The Morgan fingerprint density at radius 2 is 2.04 bits per heavy atom. The number of rotatable bonds is 3. The highest BCUT2D eigenvalue weighted by atomic mass is 35.5. The molecule has 2 atom stereocenters. The molecule has 0 bridgehead atoms. The Balaban J connectivity index is 2.61. The highest BCUT2D eigenvalue weighted by Gasteiger charge is 2.35. The van der Waals surface area contributed by atoms with Gasteiger partial charge in [-0.15, -0.1) is 0 Å². The molecule has 6 nitrogen and oxygen atoms in total. The summed E-state index contributed by atoms with van der Waals surface area (Å²) in [7, 11) is 0. The molecule has 0 amide bonds. The summed E-state index contributed by atoms with van der Waals surface area (Å²) in [6.45, 7) is 5.38. The van der Waals surface area contributed by atoms with Crippen LogP contribution in [-0.2, 0) is 9.53 Å². The highest BCUT2D eigenvalue weighted by molar-refractivity contribution is 6.61. The van der Waals surface area contributed by atoms with Gasteiger partial charge < -0.3 is 4.74 Å². The predicted molar refractivity (Wildman–Crippen MR) is 85.0 cm³/mol. The summed E-state index contributed by atoms with van der Waals surface area (Å²) in [5.74, 6) is -0.167. The van der Waals surface area contributed by atoms with Gasteiger partial charge in [0.2, 0.25) is 0 Å². The summed E-state index contributed by atoms with van der Waals surface area (Å²) in [4.78, 5) is 34.1. The lowest BCUT2D eigenvalue weighted by molar-refractivity contribution is -0.384. The van der Waals surface area contributed by atoms with Gasteiger partial charge in [0.05, 0.1) is 10.5 Å². The van der Waals surface area contributed by atoms with Gasteiger partial charge in [0, 0.05) is 36.1 Å². The number of non-ortho nitro benzene ring substituents is 1. The molecule has 2 rings (SSSR count). The van der Waals surface area contributed by atoms with Crippen molar-refractivity contribution in [1.82, 2.24) is 0 Å². The van der Waals surface area contributed by atoms with E-state index in [0.29, 0.717) is 17.5 Å². The van der Waals surface area contributed by atoms with Crippen LogP contribution in [0, 0.1) is 28.9 Å². The second-order valence-electron chi connectivity index (χ2n) is 5.73. The zero-order valence-electron chi connectivity index (χ0n) is 13.0. The normalized spacial score (nSPS) is 21.3. The van der Waals surface area contributed by atoms with Crippen molar-refractivity contribution >= 4 is 34.1 Å². The number of carbonyl (C=O) groups excluding carboxylic acids is 2. The van der Waals surface area contributed by atoms with E-state index in [4.69, 9.17) is 16.3 Å². The molecule has 0 N–H and O–H groups in total. The SMILES string of the molecule is Cc1cc([N+](=O)[O-])ccc1C1=C(OC(=O)Cl)CC(C)C(C)C1=O. The first kappa shape index (κ1) is 17.1. The molecular formula is C16H16ClNO5. The molecule has 0 saturated heterocycles. The zero-order chi connectivity index (χ0) is 17.3. The van der Waals surface area contributed by atoms with Crippen LogP contribution < -0.4 is 0 Å². The van der Waals surface area contributed by atoms with Crippen LogP contribution >= 0.6 is 11.6 Å². The van der Waals surface area contributed by atoms with Gasteiger partial charge in [-0.3, -0.25) is 14.9 Å². The molecule has 0 saturated carbocycles. The van der Waals surface area contributed by atoms with E-state index in [9.17, 15) is 19.7 Å². The van der Waals surface area contributed by atoms with Crippen LogP contribution in [0.2, 0.25) is 0 Å². The molecule has 1 aromatic carbocycles. The lowest BCUT2D eigenvalue weighted by Crippen LogP contribution is -2.28. The minimum atomic E-state index is -1.01. The minimum Gasteiger partial charge on any atom is -0.418 e. The van der Waals surface area contributed by atoms with Gasteiger partial charge in [-0.05, 0) is 30.0 Å². The largest absolute Gasteiger partial charge is 0.418 e. The van der Waals surface area contributed by atoms with E-state index in [1.807, 2.05) is 13.8 Å². The van der Waals surface area contributed by atoms with E-state index < -0.39 is 10.4 Å². The number of ether oxygens (including phenoxy) is 1. The molecule has 7 heteroatoms. The Hall–Kier alpha value is -2.21. The molecule has 0 fully saturated rings. The first-order valence-electron chi connectivity index (χ1n) is 7.12. The van der Waals surface area contributed by atoms with Crippen LogP contribution in [0.3, 0.4) is 0 Å². The van der Waals surface area contributed by atoms with Gasteiger partial charge in [0.15, 0.2) is 5.78 Å². The number of aryl methyl sites for hydroxylation is 1. The lowest BCUT2D eigenvalue weighted by atomic mass is 9.77. The molecule has 1 aliphatic rings. The fourth-order valence-electron chi connectivity index (χ4n) is 2.71. The Kier molecular flexibility index (Phi) is 4.85. The van der Waals surface area contributed by atoms with Gasteiger partial charge in [-0.1, -0.05) is 13.8 Å². The summed E-state index contributed by atoms with van der Waals surface area (Å²) in [5.41, 5.74) is 0.288. The van der Waals surface area contributed by atoms with Crippen molar-refractivity contribution < 1.29 is 19.2 Å². The second kappa shape index (κ2) is 6.50. The van der Waals surface area contributed by atoms with Gasteiger partial charge in [-0.2, -0.15) is 0 Å². The first-order valence-corrected chi connectivity index (χ1v) is 7.50. The number of carbonyl (C=O) groups is 2. The van der Waals surface area contributed by atoms with Crippen molar-refractivity contribution in [2.24, 2.45) is 11.8 Å². The lowest BCUT2D eigenvalue weighted by Gasteiger charge is -2.28. The molecule has 0 radical (unpaired) electrons. The quantitative estimate of drug-likeness (QED) is 0.468. The van der Waals surface area contributed by atoms with Crippen molar-refractivity contribution in [2.45, 2.75) is 27.2 Å². The number of allylic oxidation sites excluding steroid dienone is 2. The Bertz CT molecular complexity index is 725. The van der Waals surface area contributed by atoms with Crippen LogP contribution in [0.4, 0.5) is 10.5 Å². The minimum absolute atomic E-state index is 0.00983. The Labute approximate surface area is 138 Å². The average molecular weight is 338 g/mol. The predicted octanol–water partition coefficient (Wildman–Crippen LogP) is 4.23. The topological polar surface area (TPSA) is 86.5 Å². The fraction of sp³-hybridized carbons (Fsp3) is 0.375. The average Bonchev–Trinajstić information content (AvgIpc) is 2.45. The highest BCUT2D eigenvalue weighted by Crippen LogP contribution is 2.38. The third kappa shape index (κ3) is 3.42. The van der Waals surface area contributed by atoms with E-state index in [-0.39, 0.29) is 34.6 Å². The van der Waals surface area contributed by atoms with E-state index in [0.717, 1.165) is 0 Å². The van der Waals surface area contributed by atoms with E-state index in [1.165, 1.54) is 18.2 Å². The van der Waals surface area contributed by atoms with Crippen molar-refractivity contribution in [3.05, 3.63) is 45.2 Å². The van der Waals surface area contributed by atoms with E-state index in [1.54, 1.807) is 6.92 Å². The smallest absolute Gasteiger partial charge is 0.408 e. The van der Waals surface area contributed by atoms with Gasteiger partial charge in [0.25, 0.3) is 5.69 Å². The van der Waals surface area contributed by atoms with Crippen LogP contribution in [0.25, 0.3) is 5.57 Å². The third-order valence-electron chi connectivity index (χ3n) is 4.19. The van der Waals surface area contributed by atoms with Crippen molar-refractivity contribution in [1.29, 1.82) is 0 Å². The molecule has 0 aromatic heterocycles. The second-order valence-corrected chi connectivity index (χ2v) is 6.04. The fourth-order valence-corrected chi connectivity index (χ4v) is 2.80. The number of nitro groups is 1. The number of Topliss-reactive ketones (excluding diaryl/α,β-unsaturated/α-hetero) is 1. The Morgan fingerprint density at radius 3 is 2.57 bits per heavy atom. The molecule has 0 heterocycles. The number of benzene rings is 1. The van der Waals surface area contributed by atoms with Crippen LogP contribution in [-0.4, -0.2) is 16.1 Å². The first-order chi connectivity index (χ1) is 10.7. The molecule has 2 unspecified atom stereocenters. The molecule has 0 spiro atoms. The maximum absolute atomic E-state index is 12.7. The zero-order valence-corrected chi connectivity index (χ0v) is 13.7. The van der Waals surface area contributed by atoms with E-state index >= 15 is 0 Å². The van der Waals surface area contributed by atoms with Crippen molar-refractivity contribution in [2.75, 3.05) is 0 Å². The molecular weight excluding hydrogens is 322 g/mol. The molecule has 1 aliphatic carbocycles. The number of nitrogens with zero attached hydrogens (tertiary/aromatic N) is 1. The number of hydrogen-bond donors (Lipinski definition) is 0. The summed E-state index contributed by atoms with van der Waals surface area (Å²) in [5, 5.41) is 10.8. The van der Waals surface area contributed by atoms with Crippen LogP contribution in [0.1, 0.15) is 31.4 Å². The summed E-state index contributed by atoms with van der Waals surface area (Å²) in [6.07, 6.45) is 0.400. The number of halogens is 1. The number of nitro benzene ring substituents is 1. The third-order valence-corrected chi connectivity index (χ3v) is 4.27. The molecule has 1 aromatic rings. The van der Waals surface area contributed by atoms with Crippen LogP contribution in [0.5, 0.6) is 0 Å². The monoisotopic (exact) mass is 337 g/mol. The maximum Gasteiger partial charge on any atom is 0.408 e. The van der Waals surface area contributed by atoms with E-state index in [2.05, 4.69) is 0 Å². The summed E-state index contributed by atoms with van der Waals surface area (Å²) in [6, 6.07) is 4.22. The van der Waals surface area contributed by atoms with Crippen molar-refractivity contribution in [3.8, 4) is 0 Å². The van der Waals surface area contributed by atoms with Gasteiger partial charge in [-0.25, -0.2) is 4.79 Å². The van der Waals surface area contributed by atoms with Gasteiger partial charge >= 0.3 is 5.43 Å². The number of ketones is 1. The standard InChI is InChI=1S/C16H16ClNO5/c1-8-7-13(23-16(17)20)14(15(19)10(8)3)12-5-4-11(18(21)22)6-9(12)2/h4-6,8,10H,7H2,1-3H3. The maximum atomic E-state index is 12.7. The molecule has 122 valence electrons. The van der Waals surface area contributed by atoms with Crippen molar-refractivity contribution in [3.63, 3.8) is 0 Å². The molecule has 0 aliphatic heterocycles.